The van der Waals surface area contributed by atoms with Gasteiger partial charge in [-0.25, -0.2) is 4.98 Å². The number of likely N-dealkylation sites (tertiary alicyclic amines) is 1. The van der Waals surface area contributed by atoms with Crippen LogP contribution < -0.4 is 5.32 Å². The second-order valence-electron chi connectivity index (χ2n) is 9.85. The van der Waals surface area contributed by atoms with E-state index in [9.17, 15) is 9.59 Å². The molecular formula is C26H34N4O2. The molecule has 2 N–H and O–H groups in total. The second-order valence-corrected chi connectivity index (χ2v) is 9.85. The quantitative estimate of drug-likeness (QED) is 0.643. The highest BCUT2D eigenvalue weighted by Crippen LogP contribution is 2.59. The Kier molecular flexibility index (Phi) is 6.03. The molecule has 170 valence electrons. The molecule has 2 aromatic rings. The topological polar surface area (TPSA) is 78.1 Å². The number of nitrogens with one attached hydrogen (secondary N) is 2. The van der Waals surface area contributed by atoms with Crippen LogP contribution in [0.1, 0.15) is 63.6 Å². The van der Waals surface area contributed by atoms with Crippen LogP contribution in [0.2, 0.25) is 0 Å². The van der Waals surface area contributed by atoms with Crippen LogP contribution >= 0.6 is 0 Å². The summed E-state index contributed by atoms with van der Waals surface area (Å²) in [5.74, 6) is 1.44. The van der Waals surface area contributed by atoms with Crippen molar-refractivity contribution in [2.75, 3.05) is 19.6 Å². The van der Waals surface area contributed by atoms with Gasteiger partial charge in [-0.15, -0.1) is 0 Å². The maximum absolute atomic E-state index is 12.7. The molecule has 1 unspecified atom stereocenters. The van der Waals surface area contributed by atoms with Gasteiger partial charge in [-0.1, -0.05) is 23.8 Å². The van der Waals surface area contributed by atoms with Crippen LogP contribution in [0.15, 0.2) is 35.9 Å². The van der Waals surface area contributed by atoms with Crippen molar-refractivity contribution in [2.24, 2.45) is 11.3 Å². The van der Waals surface area contributed by atoms with E-state index in [1.165, 1.54) is 31.3 Å². The molecular weight excluding hydrogens is 400 g/mol. The summed E-state index contributed by atoms with van der Waals surface area (Å²) in [7, 11) is 0. The Morgan fingerprint density at radius 2 is 2.00 bits per heavy atom. The summed E-state index contributed by atoms with van der Waals surface area (Å²) in [4.78, 5) is 35.2. The summed E-state index contributed by atoms with van der Waals surface area (Å²) in [6.07, 6.45) is 12.4. The summed E-state index contributed by atoms with van der Waals surface area (Å²) in [6.45, 7) is 2.31. The Morgan fingerprint density at radius 3 is 2.78 bits per heavy atom. The van der Waals surface area contributed by atoms with Gasteiger partial charge in [0.2, 0.25) is 11.8 Å². The van der Waals surface area contributed by atoms with Crippen LogP contribution in [0, 0.1) is 11.3 Å². The molecule has 1 aromatic carbocycles. The highest BCUT2D eigenvalue weighted by atomic mass is 16.2. The Labute approximate surface area is 189 Å². The van der Waals surface area contributed by atoms with Crippen LogP contribution in [0.25, 0.3) is 11.0 Å². The summed E-state index contributed by atoms with van der Waals surface area (Å²) in [5, 5.41) is 3.18. The molecule has 1 atom stereocenters. The maximum Gasteiger partial charge on any atom is 0.223 e. The third-order valence-corrected chi connectivity index (χ3v) is 7.76. The number of aromatic nitrogens is 2. The minimum atomic E-state index is 0.143. The lowest BCUT2D eigenvalue weighted by atomic mass is 9.90. The average Bonchev–Trinajstić information content (AvgIpc) is 3.35. The molecule has 0 bridgehead atoms. The third-order valence-electron chi connectivity index (χ3n) is 7.76. The van der Waals surface area contributed by atoms with Crippen molar-refractivity contribution in [1.29, 1.82) is 0 Å². The number of aromatic amines is 1. The zero-order chi connectivity index (χ0) is 22.0. The van der Waals surface area contributed by atoms with Gasteiger partial charge in [0, 0.05) is 38.4 Å². The number of carbonyl (C=O) groups is 2. The molecule has 5 rings (SSSR count). The fraction of sp³-hybridized carbons (Fsp3) is 0.577. The SMILES string of the molecule is O=C(NCCC1=CCCCC1)C1CC12CCN(C(=O)CCc1nc3ccccc3[nH]1)CC2. The van der Waals surface area contributed by atoms with Crippen molar-refractivity contribution in [3.8, 4) is 0 Å². The minimum Gasteiger partial charge on any atom is -0.356 e. The van der Waals surface area contributed by atoms with Gasteiger partial charge in [-0.05, 0) is 68.9 Å². The van der Waals surface area contributed by atoms with Gasteiger partial charge < -0.3 is 15.2 Å². The number of imidazole rings is 1. The average molecular weight is 435 g/mol. The Bertz CT molecular complexity index is 983. The number of piperidine rings is 1. The van der Waals surface area contributed by atoms with Gasteiger partial charge in [0.15, 0.2) is 0 Å². The Morgan fingerprint density at radius 1 is 1.16 bits per heavy atom. The zero-order valence-electron chi connectivity index (χ0n) is 18.9. The normalized spacial score (nSPS) is 22.1. The molecule has 0 radical (unpaired) electrons. The van der Waals surface area contributed by atoms with Gasteiger partial charge in [-0.2, -0.15) is 0 Å². The number of hydrogen-bond donors (Lipinski definition) is 2. The minimum absolute atomic E-state index is 0.143. The van der Waals surface area contributed by atoms with Crippen molar-refractivity contribution in [3.63, 3.8) is 0 Å². The number of rotatable bonds is 7. The van der Waals surface area contributed by atoms with E-state index >= 15 is 0 Å². The Balaban J connectivity index is 1.04. The van der Waals surface area contributed by atoms with E-state index in [1.807, 2.05) is 29.2 Å². The number of allylic oxidation sites excluding steroid dienone is 1. The lowest BCUT2D eigenvalue weighted by Gasteiger charge is -2.33. The van der Waals surface area contributed by atoms with Crippen molar-refractivity contribution in [3.05, 3.63) is 41.7 Å². The lowest BCUT2D eigenvalue weighted by Crippen LogP contribution is -2.40. The van der Waals surface area contributed by atoms with Gasteiger partial charge in [0.1, 0.15) is 5.82 Å². The molecule has 2 aliphatic carbocycles. The summed E-state index contributed by atoms with van der Waals surface area (Å²) in [6, 6.07) is 7.95. The highest BCUT2D eigenvalue weighted by Gasteiger charge is 2.58. The van der Waals surface area contributed by atoms with Crippen molar-refractivity contribution in [1.82, 2.24) is 20.2 Å². The van der Waals surface area contributed by atoms with E-state index in [0.29, 0.717) is 12.8 Å². The second kappa shape index (κ2) is 9.08. The number of carbonyl (C=O) groups excluding carboxylic acids is 2. The number of nitrogens with zero attached hydrogens (tertiary/aromatic N) is 2. The number of hydrogen-bond acceptors (Lipinski definition) is 3. The van der Waals surface area contributed by atoms with Crippen LogP contribution in [-0.2, 0) is 16.0 Å². The van der Waals surface area contributed by atoms with Crippen molar-refractivity contribution in [2.45, 2.75) is 64.2 Å². The summed E-state index contributed by atoms with van der Waals surface area (Å²) >= 11 is 0. The molecule has 1 spiro atoms. The molecule has 1 aromatic heterocycles. The first kappa shape index (κ1) is 21.2. The monoisotopic (exact) mass is 434 g/mol. The molecule has 32 heavy (non-hydrogen) atoms. The van der Waals surface area contributed by atoms with Crippen LogP contribution in [-0.4, -0.2) is 46.3 Å². The zero-order valence-corrected chi connectivity index (χ0v) is 18.9. The molecule has 6 heteroatoms. The highest BCUT2D eigenvalue weighted by molar-refractivity contribution is 5.83. The molecule has 1 saturated heterocycles. The van der Waals surface area contributed by atoms with Gasteiger partial charge in [0.05, 0.1) is 11.0 Å². The predicted molar refractivity (Wildman–Crippen MR) is 125 cm³/mol. The summed E-state index contributed by atoms with van der Waals surface area (Å²) < 4.78 is 0. The van der Waals surface area contributed by atoms with E-state index in [1.54, 1.807) is 0 Å². The van der Waals surface area contributed by atoms with E-state index in [-0.39, 0.29) is 23.1 Å². The Hall–Kier alpha value is -2.63. The molecule has 1 saturated carbocycles. The van der Waals surface area contributed by atoms with E-state index in [4.69, 9.17) is 0 Å². The first-order chi connectivity index (χ1) is 15.6. The molecule has 2 heterocycles. The predicted octanol–water partition coefficient (Wildman–Crippen LogP) is 4.13. The fourth-order valence-electron chi connectivity index (χ4n) is 5.58. The third kappa shape index (κ3) is 4.59. The van der Waals surface area contributed by atoms with Crippen LogP contribution in [0.4, 0.5) is 0 Å². The largest absolute Gasteiger partial charge is 0.356 e. The van der Waals surface area contributed by atoms with Gasteiger partial charge >= 0.3 is 0 Å². The molecule has 2 fully saturated rings. The van der Waals surface area contributed by atoms with E-state index in [0.717, 1.165) is 62.2 Å². The number of H-pyrrole nitrogens is 1. The van der Waals surface area contributed by atoms with Crippen molar-refractivity contribution < 1.29 is 9.59 Å². The number of aryl methyl sites for hydroxylation is 1. The smallest absolute Gasteiger partial charge is 0.223 e. The van der Waals surface area contributed by atoms with Crippen molar-refractivity contribution >= 4 is 22.8 Å². The summed E-state index contributed by atoms with van der Waals surface area (Å²) in [5.41, 5.74) is 3.62. The van der Waals surface area contributed by atoms with Gasteiger partial charge in [-0.3, -0.25) is 9.59 Å². The standard InChI is InChI=1S/C26H34N4O2/c31-24(11-10-23-28-21-8-4-5-9-22(21)29-23)30-16-13-26(14-17-30)18-20(26)25(32)27-15-12-19-6-2-1-3-7-19/h4-6,8-9,20H,1-3,7,10-18H2,(H,27,32)(H,28,29). The van der Waals surface area contributed by atoms with Crippen LogP contribution in [0.5, 0.6) is 0 Å². The number of fused-ring (bicyclic) bond motifs is 1. The number of amides is 2. The first-order valence-electron chi connectivity index (χ1n) is 12.3. The molecule has 3 aliphatic rings. The lowest BCUT2D eigenvalue weighted by molar-refractivity contribution is -0.132. The molecule has 6 nitrogen and oxygen atoms in total. The first-order valence-corrected chi connectivity index (χ1v) is 12.3. The number of para-hydroxylation sites is 2. The van der Waals surface area contributed by atoms with E-state index < -0.39 is 0 Å². The number of benzene rings is 1. The van der Waals surface area contributed by atoms with Gasteiger partial charge in [0.25, 0.3) is 0 Å². The molecule has 2 amide bonds. The van der Waals surface area contributed by atoms with E-state index in [2.05, 4.69) is 21.4 Å². The maximum atomic E-state index is 12.7. The van der Waals surface area contributed by atoms with Crippen LogP contribution in [0.3, 0.4) is 0 Å². The molecule has 1 aliphatic heterocycles. The fourth-order valence-corrected chi connectivity index (χ4v) is 5.58.